The van der Waals surface area contributed by atoms with Gasteiger partial charge in [0.2, 0.25) is 0 Å². The lowest BCUT2D eigenvalue weighted by atomic mass is 9.93. The summed E-state index contributed by atoms with van der Waals surface area (Å²) in [5.74, 6) is 0.690. The minimum absolute atomic E-state index is 0.317. The monoisotopic (exact) mass is 207 g/mol. The fourth-order valence-corrected chi connectivity index (χ4v) is 2.68. The molecule has 2 saturated heterocycles. The lowest BCUT2D eigenvalue weighted by molar-refractivity contribution is 0.219. The molecule has 3 unspecified atom stereocenters. The summed E-state index contributed by atoms with van der Waals surface area (Å²) in [6, 6.07) is 8.38. The maximum Gasteiger partial charge on any atom is 0.0723 e. The lowest BCUT2D eigenvalue weighted by Crippen LogP contribution is -2.28. The van der Waals surface area contributed by atoms with Gasteiger partial charge in [0.05, 0.1) is 6.04 Å². The second-order valence-electron chi connectivity index (χ2n) is 4.04. The number of hydrogen-bond donors (Lipinski definition) is 0. The highest BCUT2D eigenvalue weighted by Gasteiger charge is 2.40. The van der Waals surface area contributed by atoms with Crippen LogP contribution < -0.4 is 5.43 Å². The van der Waals surface area contributed by atoms with Crippen LogP contribution in [0.3, 0.4) is 0 Å². The Hall–Kier alpha value is -0.570. The Labute approximate surface area is 88.8 Å². The van der Waals surface area contributed by atoms with Crippen LogP contribution in [0.4, 0.5) is 0 Å². The third-order valence-electron chi connectivity index (χ3n) is 3.16. The summed E-state index contributed by atoms with van der Waals surface area (Å²) in [6.45, 7) is 2.25. The molecule has 2 heterocycles. The molecule has 1 radical (unpaired) electrons. The third kappa shape index (κ3) is 1.26. The Morgan fingerprint density at radius 1 is 1.36 bits per heavy atom. The van der Waals surface area contributed by atoms with Gasteiger partial charge in [-0.3, -0.25) is 0 Å². The van der Waals surface area contributed by atoms with Crippen LogP contribution in [-0.4, -0.2) is 18.1 Å². The van der Waals surface area contributed by atoms with Crippen molar-refractivity contribution in [2.24, 2.45) is 5.92 Å². The number of fused-ring (bicyclic) bond motifs is 2. The van der Waals surface area contributed by atoms with Crippen molar-refractivity contribution in [3.05, 3.63) is 34.9 Å². The molecule has 14 heavy (non-hydrogen) atoms. The summed E-state index contributed by atoms with van der Waals surface area (Å²) in [7, 11) is 0. The van der Waals surface area contributed by atoms with Gasteiger partial charge >= 0.3 is 0 Å². The Kier molecular flexibility index (Phi) is 2.01. The van der Waals surface area contributed by atoms with Gasteiger partial charge in [0.1, 0.15) is 0 Å². The Balaban J connectivity index is 1.93. The molecule has 3 atom stereocenters. The summed E-state index contributed by atoms with van der Waals surface area (Å²) in [5.41, 5.74) is 5.83. The predicted octanol–water partition coefficient (Wildman–Crippen LogP) is 2.24. The summed E-state index contributed by atoms with van der Waals surface area (Å²) in [4.78, 5) is 0. The maximum atomic E-state index is 6.16. The first-order chi connectivity index (χ1) is 6.84. The summed E-state index contributed by atoms with van der Waals surface area (Å²) in [5, 5.41) is 3.04. The van der Waals surface area contributed by atoms with E-state index in [0.717, 1.165) is 18.1 Å². The Morgan fingerprint density at radius 2 is 2.21 bits per heavy atom. The zero-order valence-electron chi connectivity index (χ0n) is 7.86. The van der Waals surface area contributed by atoms with E-state index in [-0.39, 0.29) is 0 Å². The van der Waals surface area contributed by atoms with Gasteiger partial charge < -0.3 is 0 Å². The van der Waals surface area contributed by atoms with E-state index in [1.807, 2.05) is 18.2 Å². The molecule has 1 aromatic rings. The minimum Gasteiger partial charge on any atom is -0.226 e. The molecule has 0 saturated carbocycles. The largest absolute Gasteiger partial charge is 0.226 e. The molecular weight excluding hydrogens is 196 g/mol. The van der Waals surface area contributed by atoms with Gasteiger partial charge in [0.15, 0.2) is 0 Å². The van der Waals surface area contributed by atoms with Gasteiger partial charge in [0.25, 0.3) is 0 Å². The highest BCUT2D eigenvalue weighted by molar-refractivity contribution is 6.31. The van der Waals surface area contributed by atoms with Gasteiger partial charge in [-0.25, -0.2) is 5.01 Å². The SMILES string of the molecule is Clc1ccccc1C1[N]N2CCC1C2. The van der Waals surface area contributed by atoms with Crippen LogP contribution in [0.5, 0.6) is 0 Å². The topological polar surface area (TPSA) is 17.3 Å². The average Bonchev–Trinajstić information content (AvgIpc) is 2.79. The second-order valence-corrected chi connectivity index (χ2v) is 4.45. The van der Waals surface area contributed by atoms with E-state index in [0.29, 0.717) is 12.0 Å². The molecule has 3 heteroatoms. The van der Waals surface area contributed by atoms with Crippen molar-refractivity contribution in [3.8, 4) is 0 Å². The van der Waals surface area contributed by atoms with E-state index in [4.69, 9.17) is 11.6 Å². The quantitative estimate of drug-likeness (QED) is 0.691. The van der Waals surface area contributed by atoms with Crippen LogP contribution in [0.1, 0.15) is 18.0 Å². The Bertz CT molecular complexity index is 353. The van der Waals surface area contributed by atoms with Crippen molar-refractivity contribution < 1.29 is 0 Å². The molecule has 73 valence electrons. The van der Waals surface area contributed by atoms with E-state index in [1.54, 1.807) is 0 Å². The van der Waals surface area contributed by atoms with Crippen molar-refractivity contribution in [2.75, 3.05) is 13.1 Å². The minimum atomic E-state index is 0.317. The second kappa shape index (κ2) is 3.23. The fourth-order valence-electron chi connectivity index (χ4n) is 2.43. The number of halogens is 1. The van der Waals surface area contributed by atoms with Gasteiger partial charge in [-0.15, -0.1) is 0 Å². The van der Waals surface area contributed by atoms with Crippen LogP contribution in [0.25, 0.3) is 0 Å². The van der Waals surface area contributed by atoms with Gasteiger partial charge in [-0.05, 0) is 24.0 Å². The number of rotatable bonds is 1. The standard InChI is InChI=1S/C11H12ClN2/c12-10-4-2-1-3-9(10)11-8-5-6-14(7-8)13-11/h1-4,8,11H,5-7H2. The number of nitrogens with zero attached hydrogens (tertiary/aromatic N) is 2. The van der Waals surface area contributed by atoms with Crippen LogP contribution in [0, 0.1) is 5.92 Å². The molecule has 0 aromatic heterocycles. The molecule has 0 spiro atoms. The molecule has 0 aliphatic carbocycles. The van der Waals surface area contributed by atoms with Crippen molar-refractivity contribution in [1.29, 1.82) is 0 Å². The zero-order valence-corrected chi connectivity index (χ0v) is 8.61. The van der Waals surface area contributed by atoms with Crippen LogP contribution in [0.2, 0.25) is 5.02 Å². The maximum absolute atomic E-state index is 6.16. The zero-order chi connectivity index (χ0) is 9.54. The van der Waals surface area contributed by atoms with E-state index in [2.05, 4.69) is 16.5 Å². The van der Waals surface area contributed by atoms with E-state index >= 15 is 0 Å². The van der Waals surface area contributed by atoms with Crippen molar-refractivity contribution in [1.82, 2.24) is 10.4 Å². The smallest absolute Gasteiger partial charge is 0.0723 e. The molecule has 1 aromatic carbocycles. The van der Waals surface area contributed by atoms with E-state index in [1.165, 1.54) is 12.0 Å². The van der Waals surface area contributed by atoms with E-state index < -0.39 is 0 Å². The van der Waals surface area contributed by atoms with Gasteiger partial charge in [-0.1, -0.05) is 29.8 Å². The summed E-state index contributed by atoms with van der Waals surface area (Å²) in [6.07, 6.45) is 1.26. The third-order valence-corrected chi connectivity index (χ3v) is 3.51. The van der Waals surface area contributed by atoms with Crippen molar-refractivity contribution >= 4 is 11.6 Å². The summed E-state index contributed by atoms with van der Waals surface area (Å²) >= 11 is 6.16. The van der Waals surface area contributed by atoms with Gasteiger partial charge in [-0.2, -0.15) is 5.43 Å². The molecule has 2 fully saturated rings. The molecule has 0 amide bonds. The van der Waals surface area contributed by atoms with Crippen LogP contribution in [0.15, 0.2) is 24.3 Å². The number of benzene rings is 1. The molecule has 2 aliphatic heterocycles. The molecular formula is C11H12ClN2. The first-order valence-electron chi connectivity index (χ1n) is 5.05. The lowest BCUT2D eigenvalue weighted by Gasteiger charge is -2.22. The fraction of sp³-hybridized carbons (Fsp3) is 0.455. The highest BCUT2D eigenvalue weighted by Crippen LogP contribution is 2.39. The average molecular weight is 208 g/mol. The first-order valence-corrected chi connectivity index (χ1v) is 5.42. The molecule has 2 nitrogen and oxygen atoms in total. The van der Waals surface area contributed by atoms with E-state index in [9.17, 15) is 0 Å². The van der Waals surface area contributed by atoms with Crippen LogP contribution in [-0.2, 0) is 0 Å². The highest BCUT2D eigenvalue weighted by atomic mass is 35.5. The molecule has 0 N–H and O–H groups in total. The van der Waals surface area contributed by atoms with Gasteiger partial charge in [0, 0.05) is 18.1 Å². The molecule has 2 bridgehead atoms. The number of hydrogen-bond acceptors (Lipinski definition) is 1. The normalized spacial score (nSPS) is 35.1. The molecule has 3 rings (SSSR count). The molecule has 2 aliphatic rings. The summed E-state index contributed by atoms with van der Waals surface area (Å²) < 4.78 is 0. The van der Waals surface area contributed by atoms with Crippen LogP contribution >= 0.6 is 11.6 Å². The van der Waals surface area contributed by atoms with Crippen molar-refractivity contribution in [2.45, 2.75) is 12.5 Å². The van der Waals surface area contributed by atoms with Crippen molar-refractivity contribution in [3.63, 3.8) is 0 Å². The predicted molar refractivity (Wildman–Crippen MR) is 56.0 cm³/mol. The Morgan fingerprint density at radius 3 is 2.86 bits per heavy atom. The first kappa shape index (κ1) is 8.72.